The quantitative estimate of drug-likeness (QED) is 0.804. The number of ether oxygens (including phenoxy) is 1. The van der Waals surface area contributed by atoms with Crippen LogP contribution in [0.5, 0.6) is 0 Å². The lowest BCUT2D eigenvalue weighted by molar-refractivity contribution is -0.149. The topological polar surface area (TPSA) is 61.2 Å². The summed E-state index contributed by atoms with van der Waals surface area (Å²) in [7, 11) is 0. The molecule has 0 aliphatic heterocycles. The van der Waals surface area contributed by atoms with E-state index in [1.807, 2.05) is 0 Å². The van der Waals surface area contributed by atoms with Crippen LogP contribution in [-0.4, -0.2) is 22.4 Å². The third-order valence-electron chi connectivity index (χ3n) is 3.56. The molecule has 5 nitrogen and oxygen atoms in total. The molecule has 1 heterocycles. The van der Waals surface area contributed by atoms with E-state index in [2.05, 4.69) is 5.10 Å². The van der Waals surface area contributed by atoms with E-state index in [1.165, 1.54) is 10.9 Å². The molecule has 1 fully saturated rings. The Balaban J connectivity index is 2.06. The number of aromatic nitrogens is 2. The summed E-state index contributed by atoms with van der Waals surface area (Å²) in [5.41, 5.74) is -0.376. The van der Waals surface area contributed by atoms with Crippen molar-refractivity contribution in [2.75, 3.05) is 6.61 Å². The van der Waals surface area contributed by atoms with E-state index in [0.717, 1.165) is 0 Å². The van der Waals surface area contributed by atoms with E-state index in [4.69, 9.17) is 27.9 Å². The Morgan fingerprint density at radius 3 is 2.65 bits per heavy atom. The van der Waals surface area contributed by atoms with Crippen molar-refractivity contribution in [2.24, 2.45) is 5.92 Å². The molecule has 1 saturated carbocycles. The molecule has 0 unspecified atom stereocenters. The van der Waals surface area contributed by atoms with E-state index in [0.29, 0.717) is 32.3 Å². The van der Waals surface area contributed by atoms with E-state index < -0.39 is 0 Å². The van der Waals surface area contributed by atoms with Crippen LogP contribution in [0.1, 0.15) is 38.6 Å². The zero-order chi connectivity index (χ0) is 14.7. The number of hydrogen-bond acceptors (Lipinski definition) is 4. The first-order chi connectivity index (χ1) is 9.54. The first kappa shape index (κ1) is 15.3. The standard InChI is InChI=1S/C13H16Cl2N2O3/c1-2-20-13(19)8-3-5-9(6-4-8)17-12(18)11(15)10(14)7-16-17/h7-9H,2-6H2,1H3. The molecule has 0 radical (unpaired) electrons. The lowest BCUT2D eigenvalue weighted by Crippen LogP contribution is -2.32. The van der Waals surface area contributed by atoms with Crippen molar-refractivity contribution in [3.8, 4) is 0 Å². The van der Waals surface area contributed by atoms with E-state index in [1.54, 1.807) is 6.92 Å². The molecule has 0 N–H and O–H groups in total. The summed E-state index contributed by atoms with van der Waals surface area (Å²) in [5, 5.41) is 4.20. The van der Waals surface area contributed by atoms with Crippen molar-refractivity contribution in [1.82, 2.24) is 9.78 Å². The lowest BCUT2D eigenvalue weighted by Gasteiger charge is -2.27. The Hall–Kier alpha value is -1.07. The average molecular weight is 319 g/mol. The van der Waals surface area contributed by atoms with Crippen LogP contribution in [0.2, 0.25) is 10.0 Å². The third kappa shape index (κ3) is 3.15. The minimum absolute atomic E-state index is 0.00539. The molecule has 2 rings (SSSR count). The van der Waals surface area contributed by atoms with Gasteiger partial charge in [0.15, 0.2) is 0 Å². The summed E-state index contributed by atoms with van der Waals surface area (Å²) in [6.07, 6.45) is 4.17. The highest BCUT2D eigenvalue weighted by Gasteiger charge is 2.29. The molecule has 0 spiro atoms. The average Bonchev–Trinajstić information content (AvgIpc) is 2.45. The third-order valence-corrected chi connectivity index (χ3v) is 4.31. The van der Waals surface area contributed by atoms with Gasteiger partial charge in [-0.25, -0.2) is 4.68 Å². The molecule has 1 aromatic rings. The number of halogens is 2. The van der Waals surface area contributed by atoms with Gasteiger partial charge in [-0.3, -0.25) is 9.59 Å². The number of carbonyl (C=O) groups is 1. The minimum Gasteiger partial charge on any atom is -0.466 e. The minimum atomic E-state index is -0.376. The van der Waals surface area contributed by atoms with Crippen LogP contribution in [0.15, 0.2) is 11.0 Å². The van der Waals surface area contributed by atoms with Gasteiger partial charge in [0.05, 0.1) is 29.8 Å². The summed E-state index contributed by atoms with van der Waals surface area (Å²) in [6.45, 7) is 2.19. The monoisotopic (exact) mass is 318 g/mol. The Labute approximate surface area is 126 Å². The smallest absolute Gasteiger partial charge is 0.308 e. The normalized spacial score (nSPS) is 22.6. The molecule has 1 aliphatic carbocycles. The fourth-order valence-electron chi connectivity index (χ4n) is 2.50. The van der Waals surface area contributed by atoms with Crippen molar-refractivity contribution in [2.45, 2.75) is 38.6 Å². The van der Waals surface area contributed by atoms with Crippen molar-refractivity contribution < 1.29 is 9.53 Å². The highest BCUT2D eigenvalue weighted by atomic mass is 35.5. The van der Waals surface area contributed by atoms with Crippen LogP contribution in [-0.2, 0) is 9.53 Å². The molecule has 0 bridgehead atoms. The molecular weight excluding hydrogens is 303 g/mol. The molecule has 0 aromatic carbocycles. The number of hydrogen-bond donors (Lipinski definition) is 0. The fourth-order valence-corrected chi connectivity index (χ4v) is 2.76. The highest BCUT2D eigenvalue weighted by molar-refractivity contribution is 6.41. The molecule has 1 aliphatic rings. The Morgan fingerprint density at radius 2 is 2.05 bits per heavy atom. The van der Waals surface area contributed by atoms with Crippen LogP contribution in [0.3, 0.4) is 0 Å². The van der Waals surface area contributed by atoms with Gasteiger partial charge >= 0.3 is 5.97 Å². The molecule has 7 heteroatoms. The van der Waals surface area contributed by atoms with Gasteiger partial charge in [0.1, 0.15) is 5.02 Å². The predicted octanol–water partition coefficient (Wildman–Crippen LogP) is 2.84. The van der Waals surface area contributed by atoms with Crippen LogP contribution in [0.4, 0.5) is 0 Å². The maximum Gasteiger partial charge on any atom is 0.308 e. The van der Waals surface area contributed by atoms with Gasteiger partial charge in [-0.15, -0.1) is 0 Å². The summed E-state index contributed by atoms with van der Waals surface area (Å²) in [6, 6.07) is -0.0389. The largest absolute Gasteiger partial charge is 0.466 e. The second kappa shape index (κ2) is 6.59. The second-order valence-corrected chi connectivity index (χ2v) is 5.60. The van der Waals surface area contributed by atoms with Crippen molar-refractivity contribution >= 4 is 29.2 Å². The molecular formula is C13H16Cl2N2O3. The number of nitrogens with zero attached hydrogens (tertiary/aromatic N) is 2. The Bertz CT molecular complexity index is 551. The van der Waals surface area contributed by atoms with E-state index in [9.17, 15) is 9.59 Å². The number of rotatable bonds is 3. The van der Waals surface area contributed by atoms with Crippen LogP contribution in [0.25, 0.3) is 0 Å². The van der Waals surface area contributed by atoms with Gasteiger partial charge in [-0.05, 0) is 32.6 Å². The van der Waals surface area contributed by atoms with Gasteiger partial charge in [-0.1, -0.05) is 23.2 Å². The molecule has 110 valence electrons. The highest BCUT2D eigenvalue weighted by Crippen LogP contribution is 2.32. The van der Waals surface area contributed by atoms with Gasteiger partial charge in [0.2, 0.25) is 0 Å². The van der Waals surface area contributed by atoms with Crippen LogP contribution < -0.4 is 5.56 Å². The van der Waals surface area contributed by atoms with Crippen molar-refractivity contribution in [1.29, 1.82) is 0 Å². The van der Waals surface area contributed by atoms with Gasteiger partial charge in [-0.2, -0.15) is 5.10 Å². The summed E-state index contributed by atoms with van der Waals surface area (Å²) >= 11 is 11.6. The van der Waals surface area contributed by atoms with Crippen LogP contribution in [0, 0.1) is 5.92 Å². The maximum atomic E-state index is 12.0. The van der Waals surface area contributed by atoms with E-state index in [-0.39, 0.29) is 33.5 Å². The molecule has 1 aromatic heterocycles. The maximum absolute atomic E-state index is 12.0. The predicted molar refractivity (Wildman–Crippen MR) is 76.1 cm³/mol. The van der Waals surface area contributed by atoms with Crippen molar-refractivity contribution in [3.63, 3.8) is 0 Å². The molecule has 20 heavy (non-hydrogen) atoms. The first-order valence-electron chi connectivity index (χ1n) is 6.64. The molecule has 0 amide bonds. The Kier molecular flexibility index (Phi) is 5.05. The second-order valence-electron chi connectivity index (χ2n) is 4.81. The Morgan fingerprint density at radius 1 is 1.40 bits per heavy atom. The summed E-state index contributed by atoms with van der Waals surface area (Å²) < 4.78 is 6.39. The zero-order valence-corrected chi connectivity index (χ0v) is 12.7. The lowest BCUT2D eigenvalue weighted by atomic mass is 9.86. The van der Waals surface area contributed by atoms with Gasteiger partial charge in [0, 0.05) is 0 Å². The zero-order valence-electron chi connectivity index (χ0n) is 11.1. The number of esters is 1. The first-order valence-corrected chi connectivity index (χ1v) is 7.39. The van der Waals surface area contributed by atoms with Gasteiger partial charge < -0.3 is 4.74 Å². The van der Waals surface area contributed by atoms with Gasteiger partial charge in [0.25, 0.3) is 5.56 Å². The summed E-state index contributed by atoms with van der Waals surface area (Å²) in [5.74, 6) is -0.231. The number of carbonyl (C=O) groups excluding carboxylic acids is 1. The van der Waals surface area contributed by atoms with E-state index >= 15 is 0 Å². The fraction of sp³-hybridized carbons (Fsp3) is 0.615. The summed E-state index contributed by atoms with van der Waals surface area (Å²) in [4.78, 5) is 23.7. The SMILES string of the molecule is CCOC(=O)C1CCC(n2ncc(Cl)c(Cl)c2=O)CC1. The van der Waals surface area contributed by atoms with Crippen molar-refractivity contribution in [3.05, 3.63) is 26.6 Å². The molecule has 0 saturated heterocycles. The molecule has 0 atom stereocenters. The van der Waals surface area contributed by atoms with Crippen LogP contribution >= 0.6 is 23.2 Å².